The second kappa shape index (κ2) is 5.11. The van der Waals surface area contributed by atoms with Gasteiger partial charge in [0.25, 0.3) is 0 Å². The third-order valence-electron chi connectivity index (χ3n) is 2.29. The van der Waals surface area contributed by atoms with Crippen LogP contribution in [-0.2, 0) is 16.6 Å². The number of nitrogens with two attached hydrogens (primary N) is 1. The molecule has 0 spiro atoms. The van der Waals surface area contributed by atoms with Crippen molar-refractivity contribution in [2.45, 2.75) is 11.4 Å². The van der Waals surface area contributed by atoms with Gasteiger partial charge in [-0.2, -0.15) is 9.47 Å². The number of anilines is 2. The van der Waals surface area contributed by atoms with Gasteiger partial charge in [-0.1, -0.05) is 0 Å². The fourth-order valence-electron chi connectivity index (χ4n) is 1.32. The number of hydrogen-bond donors (Lipinski definition) is 3. The molecular formula is C8H13N7O2S2. The summed E-state index contributed by atoms with van der Waals surface area (Å²) in [6.07, 6.45) is 1.37. The molecule has 9 nitrogen and oxygen atoms in total. The summed E-state index contributed by atoms with van der Waals surface area (Å²) >= 11 is 0.988. The molecule has 0 saturated carbocycles. The Morgan fingerprint density at radius 2 is 2.26 bits per heavy atom. The highest BCUT2D eigenvalue weighted by Crippen LogP contribution is 2.33. The van der Waals surface area contributed by atoms with E-state index >= 15 is 0 Å². The van der Waals surface area contributed by atoms with E-state index in [0.29, 0.717) is 17.4 Å². The van der Waals surface area contributed by atoms with Gasteiger partial charge in [-0.25, -0.2) is 17.7 Å². The first-order chi connectivity index (χ1) is 8.93. The third kappa shape index (κ3) is 2.67. The Kier molecular flexibility index (Phi) is 3.68. The summed E-state index contributed by atoms with van der Waals surface area (Å²) < 4.78 is 29.2. The van der Waals surface area contributed by atoms with E-state index in [9.17, 15) is 8.42 Å². The molecule has 2 heterocycles. The van der Waals surface area contributed by atoms with Gasteiger partial charge >= 0.3 is 0 Å². The Morgan fingerprint density at radius 3 is 2.84 bits per heavy atom. The first-order valence-corrected chi connectivity index (χ1v) is 7.40. The molecule has 0 radical (unpaired) electrons. The van der Waals surface area contributed by atoms with Crippen LogP contribution in [0.2, 0.25) is 0 Å². The van der Waals surface area contributed by atoms with Crippen molar-refractivity contribution in [3.05, 3.63) is 12.2 Å². The normalized spacial score (nSPS) is 11.9. The molecule has 0 aliphatic heterocycles. The third-order valence-corrected chi connectivity index (χ3v) is 5.13. The maximum atomic E-state index is 12.1. The van der Waals surface area contributed by atoms with Crippen LogP contribution in [0.3, 0.4) is 0 Å². The molecule has 2 aromatic rings. The Hall–Kier alpha value is -1.72. The van der Waals surface area contributed by atoms with Crippen molar-refractivity contribution in [3.63, 3.8) is 0 Å². The van der Waals surface area contributed by atoms with E-state index in [1.807, 2.05) is 0 Å². The van der Waals surface area contributed by atoms with Gasteiger partial charge in [-0.05, 0) is 11.5 Å². The van der Waals surface area contributed by atoms with E-state index in [1.54, 1.807) is 0 Å². The van der Waals surface area contributed by atoms with Gasteiger partial charge in [-0.3, -0.25) is 5.10 Å². The molecule has 2 rings (SSSR count). The highest BCUT2D eigenvalue weighted by molar-refractivity contribution is 7.89. The molecule has 2 aromatic heterocycles. The second-order valence-electron chi connectivity index (χ2n) is 3.80. The summed E-state index contributed by atoms with van der Waals surface area (Å²) in [6.45, 7) is 0.303. The van der Waals surface area contributed by atoms with Crippen molar-refractivity contribution in [1.29, 1.82) is 0 Å². The van der Waals surface area contributed by atoms with Gasteiger partial charge in [0.2, 0.25) is 10.0 Å². The van der Waals surface area contributed by atoms with Crippen molar-refractivity contribution >= 4 is 32.4 Å². The number of nitrogens with one attached hydrogen (secondary N) is 2. The zero-order valence-corrected chi connectivity index (χ0v) is 11.9. The van der Waals surface area contributed by atoms with Crippen molar-refractivity contribution in [1.82, 2.24) is 23.9 Å². The SMILES string of the molecule is CN(C)S(=O)(=O)c1c(N)nsc1NCc1ncn[nH]1. The Bertz CT molecular complexity index is 647. The lowest BCUT2D eigenvalue weighted by Gasteiger charge is -2.12. The molecule has 11 heteroatoms. The van der Waals surface area contributed by atoms with Crippen LogP contribution in [-0.4, -0.2) is 46.4 Å². The van der Waals surface area contributed by atoms with Gasteiger partial charge in [0.15, 0.2) is 10.7 Å². The standard InChI is InChI=1S/C8H13N7O2S2/c1-15(2)19(16,17)6-7(9)14-18-8(6)10-3-5-11-4-12-13-5/h4,10H,3H2,1-2H3,(H2,9,14)(H,11,12,13). The number of rotatable bonds is 5. The number of H-pyrrole nitrogens is 1. The first kappa shape index (κ1) is 13.7. The zero-order valence-electron chi connectivity index (χ0n) is 10.3. The molecule has 104 valence electrons. The molecule has 0 saturated heterocycles. The monoisotopic (exact) mass is 303 g/mol. The summed E-state index contributed by atoms with van der Waals surface area (Å²) in [7, 11) is -0.764. The van der Waals surface area contributed by atoms with Crippen LogP contribution in [0.5, 0.6) is 0 Å². The first-order valence-electron chi connectivity index (χ1n) is 5.18. The van der Waals surface area contributed by atoms with Crippen molar-refractivity contribution < 1.29 is 8.42 Å². The summed E-state index contributed by atoms with van der Waals surface area (Å²) in [4.78, 5) is 3.92. The van der Waals surface area contributed by atoms with Gasteiger partial charge in [0.05, 0.1) is 6.54 Å². The van der Waals surface area contributed by atoms with E-state index in [-0.39, 0.29) is 10.7 Å². The fraction of sp³-hybridized carbons (Fsp3) is 0.375. The van der Waals surface area contributed by atoms with E-state index < -0.39 is 10.0 Å². The highest BCUT2D eigenvalue weighted by Gasteiger charge is 2.27. The quantitative estimate of drug-likeness (QED) is 0.691. The Balaban J connectivity index is 2.28. The van der Waals surface area contributed by atoms with Crippen molar-refractivity contribution in [2.75, 3.05) is 25.1 Å². The average molecular weight is 303 g/mol. The van der Waals surface area contributed by atoms with Crippen LogP contribution in [0.15, 0.2) is 11.2 Å². The minimum atomic E-state index is -3.64. The lowest BCUT2D eigenvalue weighted by molar-refractivity contribution is 0.521. The van der Waals surface area contributed by atoms with Gasteiger partial charge in [0, 0.05) is 14.1 Å². The van der Waals surface area contributed by atoms with Crippen LogP contribution in [0.4, 0.5) is 10.8 Å². The molecule has 4 N–H and O–H groups in total. The van der Waals surface area contributed by atoms with E-state index in [4.69, 9.17) is 5.73 Å². The minimum absolute atomic E-state index is 0.0120. The zero-order chi connectivity index (χ0) is 14.0. The van der Waals surface area contributed by atoms with E-state index in [2.05, 4.69) is 24.9 Å². The van der Waals surface area contributed by atoms with Crippen LogP contribution in [0, 0.1) is 0 Å². The number of nitrogens with zero attached hydrogens (tertiary/aromatic N) is 4. The van der Waals surface area contributed by atoms with Crippen LogP contribution < -0.4 is 11.1 Å². The van der Waals surface area contributed by atoms with Gasteiger partial charge in [0.1, 0.15) is 17.2 Å². The molecule has 0 unspecified atom stereocenters. The van der Waals surface area contributed by atoms with Gasteiger partial charge < -0.3 is 11.1 Å². The van der Waals surface area contributed by atoms with Crippen molar-refractivity contribution in [3.8, 4) is 0 Å². The number of hydrogen-bond acceptors (Lipinski definition) is 8. The molecule has 0 fully saturated rings. The van der Waals surface area contributed by atoms with E-state index in [1.165, 1.54) is 20.4 Å². The predicted molar refractivity (Wildman–Crippen MR) is 71.1 cm³/mol. The molecule has 0 bridgehead atoms. The molecule has 0 aromatic carbocycles. The van der Waals surface area contributed by atoms with Gasteiger partial charge in [-0.15, -0.1) is 0 Å². The molecule has 0 atom stereocenters. The van der Waals surface area contributed by atoms with Crippen LogP contribution >= 0.6 is 11.5 Å². The lowest BCUT2D eigenvalue weighted by atomic mass is 10.5. The molecule has 0 amide bonds. The lowest BCUT2D eigenvalue weighted by Crippen LogP contribution is -2.23. The molecule has 19 heavy (non-hydrogen) atoms. The minimum Gasteiger partial charge on any atom is -0.382 e. The highest BCUT2D eigenvalue weighted by atomic mass is 32.2. The predicted octanol–water partition coefficient (Wildman–Crippen LogP) is -0.294. The largest absolute Gasteiger partial charge is 0.382 e. The van der Waals surface area contributed by atoms with Crippen LogP contribution in [0.1, 0.15) is 5.82 Å². The number of nitrogen functional groups attached to an aromatic ring is 1. The number of aromatic nitrogens is 4. The van der Waals surface area contributed by atoms with Crippen LogP contribution in [0.25, 0.3) is 0 Å². The maximum absolute atomic E-state index is 12.1. The molecule has 0 aliphatic rings. The number of aromatic amines is 1. The number of sulfonamides is 1. The average Bonchev–Trinajstić information content (AvgIpc) is 2.95. The maximum Gasteiger partial charge on any atom is 0.249 e. The second-order valence-corrected chi connectivity index (χ2v) is 6.66. The molecule has 0 aliphatic carbocycles. The summed E-state index contributed by atoms with van der Waals surface area (Å²) in [5, 5.41) is 9.68. The summed E-state index contributed by atoms with van der Waals surface area (Å²) in [5.41, 5.74) is 5.63. The Morgan fingerprint density at radius 1 is 1.53 bits per heavy atom. The smallest absolute Gasteiger partial charge is 0.249 e. The van der Waals surface area contributed by atoms with E-state index in [0.717, 1.165) is 15.8 Å². The van der Waals surface area contributed by atoms with Crippen molar-refractivity contribution in [2.24, 2.45) is 0 Å². The fourth-order valence-corrected chi connectivity index (χ4v) is 3.39. The Labute approximate surface area is 114 Å². The topological polar surface area (TPSA) is 130 Å². The molecular weight excluding hydrogens is 290 g/mol. The summed E-state index contributed by atoms with van der Waals surface area (Å²) in [5.74, 6) is 0.568. The summed E-state index contributed by atoms with van der Waals surface area (Å²) in [6, 6.07) is 0.